The summed E-state index contributed by atoms with van der Waals surface area (Å²) < 4.78 is 0. The molecule has 0 saturated heterocycles. The minimum absolute atomic E-state index is 0.249. The van der Waals surface area contributed by atoms with Crippen LogP contribution in [0.2, 0.25) is 0 Å². The Hall–Kier alpha value is -1.55. The van der Waals surface area contributed by atoms with E-state index in [9.17, 15) is 5.11 Å². The summed E-state index contributed by atoms with van der Waals surface area (Å²) in [5.74, 6) is 0.630. The molecule has 0 aliphatic carbocycles. The lowest BCUT2D eigenvalue weighted by Gasteiger charge is -2.05. The first-order chi connectivity index (χ1) is 7.58. The van der Waals surface area contributed by atoms with Crippen molar-refractivity contribution >= 4 is 16.5 Å². The molecule has 0 fully saturated rings. The van der Waals surface area contributed by atoms with Gasteiger partial charge in [0.1, 0.15) is 5.75 Å². The number of nitrogens with zero attached hydrogens (tertiary/aromatic N) is 1. The number of benzene rings is 1. The van der Waals surface area contributed by atoms with E-state index >= 15 is 0 Å². The Morgan fingerprint density at radius 1 is 1.38 bits per heavy atom. The summed E-state index contributed by atoms with van der Waals surface area (Å²) in [5.41, 5.74) is 7.53. The second-order valence-corrected chi connectivity index (χ2v) is 5.03. The van der Waals surface area contributed by atoms with Crippen LogP contribution < -0.4 is 5.73 Å². The van der Waals surface area contributed by atoms with Gasteiger partial charge in [0.25, 0.3) is 0 Å². The number of rotatable bonds is 2. The van der Waals surface area contributed by atoms with E-state index in [4.69, 9.17) is 5.73 Å². The van der Waals surface area contributed by atoms with Crippen molar-refractivity contribution in [2.45, 2.75) is 19.8 Å². The quantitative estimate of drug-likeness (QED) is 0.838. The number of thiazole rings is 1. The smallest absolute Gasteiger partial charge is 0.180 e. The highest BCUT2D eigenvalue weighted by molar-refractivity contribution is 7.15. The SMILES string of the molecule is CC(C)c1sc(N)nc1-c1cccc(O)c1. The Labute approximate surface area is 98.6 Å². The molecule has 0 amide bonds. The third kappa shape index (κ3) is 2.02. The summed E-state index contributed by atoms with van der Waals surface area (Å²) in [6.07, 6.45) is 0. The average Bonchev–Trinajstić information content (AvgIpc) is 2.60. The maximum Gasteiger partial charge on any atom is 0.180 e. The minimum atomic E-state index is 0.249. The minimum Gasteiger partial charge on any atom is -0.508 e. The van der Waals surface area contributed by atoms with Gasteiger partial charge < -0.3 is 10.8 Å². The van der Waals surface area contributed by atoms with Gasteiger partial charge in [0.2, 0.25) is 0 Å². The molecule has 2 aromatic rings. The van der Waals surface area contributed by atoms with Crippen LogP contribution in [0.5, 0.6) is 5.75 Å². The highest BCUT2D eigenvalue weighted by atomic mass is 32.1. The van der Waals surface area contributed by atoms with Crippen molar-refractivity contribution in [2.24, 2.45) is 0 Å². The number of aromatic nitrogens is 1. The van der Waals surface area contributed by atoms with Gasteiger partial charge in [-0.25, -0.2) is 4.98 Å². The van der Waals surface area contributed by atoms with E-state index in [2.05, 4.69) is 18.8 Å². The maximum atomic E-state index is 9.46. The standard InChI is InChI=1S/C12H14N2OS/c1-7(2)11-10(14-12(13)16-11)8-4-3-5-9(15)6-8/h3-7,15H,1-2H3,(H2,13,14). The lowest BCUT2D eigenvalue weighted by molar-refractivity contribution is 0.475. The van der Waals surface area contributed by atoms with Crippen molar-refractivity contribution in [3.63, 3.8) is 0 Å². The lowest BCUT2D eigenvalue weighted by Crippen LogP contribution is -1.88. The second kappa shape index (κ2) is 4.14. The first-order valence-electron chi connectivity index (χ1n) is 5.13. The fourth-order valence-electron chi connectivity index (χ4n) is 1.60. The van der Waals surface area contributed by atoms with E-state index < -0.39 is 0 Å². The van der Waals surface area contributed by atoms with Gasteiger partial charge >= 0.3 is 0 Å². The van der Waals surface area contributed by atoms with Crippen LogP contribution in [-0.2, 0) is 0 Å². The highest BCUT2D eigenvalue weighted by Crippen LogP contribution is 2.35. The second-order valence-electron chi connectivity index (χ2n) is 3.97. The Bertz CT molecular complexity index is 505. The molecule has 3 N–H and O–H groups in total. The van der Waals surface area contributed by atoms with Gasteiger partial charge in [0.05, 0.1) is 5.69 Å². The Morgan fingerprint density at radius 3 is 2.75 bits per heavy atom. The molecule has 0 aliphatic rings. The van der Waals surface area contributed by atoms with Crippen LogP contribution in [0.4, 0.5) is 5.13 Å². The van der Waals surface area contributed by atoms with Crippen molar-refractivity contribution in [3.8, 4) is 17.0 Å². The Balaban J connectivity index is 2.55. The summed E-state index contributed by atoms with van der Waals surface area (Å²) in [7, 11) is 0. The molecule has 1 aromatic heterocycles. The number of phenolic OH excluding ortho intramolecular Hbond substituents is 1. The van der Waals surface area contributed by atoms with Gasteiger partial charge in [-0.1, -0.05) is 26.0 Å². The normalized spacial score (nSPS) is 10.9. The van der Waals surface area contributed by atoms with Crippen LogP contribution in [-0.4, -0.2) is 10.1 Å². The van der Waals surface area contributed by atoms with Crippen LogP contribution in [0.3, 0.4) is 0 Å². The maximum absolute atomic E-state index is 9.46. The van der Waals surface area contributed by atoms with E-state index in [1.807, 2.05) is 12.1 Å². The van der Waals surface area contributed by atoms with Gasteiger partial charge in [0.15, 0.2) is 5.13 Å². The summed E-state index contributed by atoms with van der Waals surface area (Å²) in [5, 5.41) is 10.0. The summed E-state index contributed by atoms with van der Waals surface area (Å²) in [6.45, 7) is 4.22. The number of aromatic hydroxyl groups is 1. The fraction of sp³-hybridized carbons (Fsp3) is 0.250. The zero-order valence-electron chi connectivity index (χ0n) is 9.27. The first kappa shape index (κ1) is 11.0. The molecule has 16 heavy (non-hydrogen) atoms. The monoisotopic (exact) mass is 234 g/mol. The van der Waals surface area contributed by atoms with Crippen molar-refractivity contribution in [1.82, 2.24) is 4.98 Å². The Kier molecular flexibility index (Phi) is 2.83. The highest BCUT2D eigenvalue weighted by Gasteiger charge is 2.14. The molecule has 0 saturated carbocycles. The number of nitrogens with two attached hydrogens (primary N) is 1. The van der Waals surface area contributed by atoms with Gasteiger partial charge in [-0.05, 0) is 18.1 Å². The molecule has 84 valence electrons. The number of phenols is 1. The van der Waals surface area contributed by atoms with Gasteiger partial charge in [0, 0.05) is 10.4 Å². The molecule has 1 aromatic carbocycles. The number of anilines is 1. The first-order valence-corrected chi connectivity index (χ1v) is 5.95. The van der Waals surface area contributed by atoms with Crippen LogP contribution in [0.1, 0.15) is 24.6 Å². The molecule has 0 atom stereocenters. The lowest BCUT2D eigenvalue weighted by atomic mass is 10.1. The average molecular weight is 234 g/mol. The number of hydrogen-bond acceptors (Lipinski definition) is 4. The molecule has 0 spiro atoms. The van der Waals surface area contributed by atoms with Gasteiger partial charge in [-0.15, -0.1) is 11.3 Å². The summed E-state index contributed by atoms with van der Waals surface area (Å²) in [6, 6.07) is 7.10. The van der Waals surface area contributed by atoms with Gasteiger partial charge in [-0.2, -0.15) is 0 Å². The van der Waals surface area contributed by atoms with Crippen molar-refractivity contribution in [1.29, 1.82) is 0 Å². The van der Waals surface area contributed by atoms with Crippen LogP contribution in [0.15, 0.2) is 24.3 Å². The van der Waals surface area contributed by atoms with E-state index in [1.165, 1.54) is 11.3 Å². The summed E-state index contributed by atoms with van der Waals surface area (Å²) >= 11 is 1.51. The molecule has 4 heteroatoms. The largest absolute Gasteiger partial charge is 0.508 e. The van der Waals surface area contributed by atoms with Gasteiger partial charge in [-0.3, -0.25) is 0 Å². The fourth-order valence-corrected chi connectivity index (χ4v) is 2.46. The van der Waals surface area contributed by atoms with Crippen LogP contribution in [0, 0.1) is 0 Å². The van der Waals surface area contributed by atoms with E-state index in [-0.39, 0.29) is 5.75 Å². The zero-order chi connectivity index (χ0) is 11.7. The molecule has 2 rings (SSSR count). The number of nitrogen functional groups attached to an aromatic ring is 1. The topological polar surface area (TPSA) is 59.1 Å². The number of hydrogen-bond donors (Lipinski definition) is 2. The summed E-state index contributed by atoms with van der Waals surface area (Å²) in [4.78, 5) is 5.48. The molecular formula is C12H14N2OS. The molecule has 3 nitrogen and oxygen atoms in total. The predicted octanol–water partition coefficient (Wildman–Crippen LogP) is 3.22. The zero-order valence-corrected chi connectivity index (χ0v) is 10.1. The third-order valence-electron chi connectivity index (χ3n) is 2.31. The molecule has 0 aliphatic heterocycles. The molecular weight excluding hydrogens is 220 g/mol. The van der Waals surface area contributed by atoms with E-state index in [1.54, 1.807) is 12.1 Å². The van der Waals surface area contributed by atoms with E-state index in [0.717, 1.165) is 16.1 Å². The van der Waals surface area contributed by atoms with Crippen molar-refractivity contribution in [2.75, 3.05) is 5.73 Å². The molecule has 1 heterocycles. The third-order valence-corrected chi connectivity index (χ3v) is 3.50. The molecule has 0 bridgehead atoms. The van der Waals surface area contributed by atoms with Crippen molar-refractivity contribution in [3.05, 3.63) is 29.1 Å². The predicted molar refractivity (Wildman–Crippen MR) is 67.7 cm³/mol. The van der Waals surface area contributed by atoms with Crippen LogP contribution in [0.25, 0.3) is 11.3 Å². The van der Waals surface area contributed by atoms with Crippen LogP contribution >= 0.6 is 11.3 Å². The molecule has 0 radical (unpaired) electrons. The Morgan fingerprint density at radius 2 is 2.12 bits per heavy atom. The van der Waals surface area contributed by atoms with E-state index in [0.29, 0.717) is 11.0 Å². The molecule has 0 unspecified atom stereocenters. The van der Waals surface area contributed by atoms with Crippen molar-refractivity contribution < 1.29 is 5.11 Å².